The number of nitrogens with one attached hydrogen (secondary N) is 2. The van der Waals surface area contributed by atoms with Gasteiger partial charge in [0.15, 0.2) is 16.9 Å². The predicted octanol–water partition coefficient (Wildman–Crippen LogP) is 1.90. The average molecular weight is 525 g/mol. The van der Waals surface area contributed by atoms with Crippen LogP contribution >= 0.6 is 11.3 Å². The van der Waals surface area contributed by atoms with Crippen LogP contribution in [0.4, 0.5) is 5.13 Å². The van der Waals surface area contributed by atoms with Crippen molar-refractivity contribution in [3.05, 3.63) is 40.9 Å². The molecule has 0 aliphatic carbocycles. The minimum absolute atomic E-state index is 0.00310. The first-order valence-electron chi connectivity index (χ1n) is 11.2. The van der Waals surface area contributed by atoms with Gasteiger partial charge in [-0.25, -0.2) is 18.1 Å². The molecule has 1 aromatic carbocycles. The van der Waals surface area contributed by atoms with Crippen LogP contribution in [0.25, 0.3) is 0 Å². The zero-order chi connectivity index (χ0) is 24.7. The highest BCUT2D eigenvalue weighted by atomic mass is 32.2. The van der Waals surface area contributed by atoms with E-state index in [1.165, 1.54) is 35.6 Å². The lowest BCUT2D eigenvalue weighted by Gasteiger charge is -2.12. The molecular formula is C22H28N4O7S2. The minimum Gasteiger partial charge on any atom is -0.389 e. The maximum atomic E-state index is 13.1. The molecule has 1 aromatic heterocycles. The van der Waals surface area contributed by atoms with Gasteiger partial charge in [0.05, 0.1) is 35.7 Å². The Morgan fingerprint density at radius 2 is 2.09 bits per heavy atom. The van der Waals surface area contributed by atoms with E-state index in [4.69, 9.17) is 19.0 Å². The molecule has 1 amide bonds. The van der Waals surface area contributed by atoms with Gasteiger partial charge in [-0.15, -0.1) is 0 Å². The Balaban J connectivity index is 1.49. The van der Waals surface area contributed by atoms with Crippen LogP contribution in [0.2, 0.25) is 0 Å². The van der Waals surface area contributed by atoms with Crippen molar-refractivity contribution in [3.63, 3.8) is 0 Å². The molecule has 2 saturated heterocycles. The number of ether oxygens (including phenoxy) is 3. The Morgan fingerprint density at radius 3 is 2.77 bits per heavy atom. The van der Waals surface area contributed by atoms with Gasteiger partial charge < -0.3 is 19.0 Å². The largest absolute Gasteiger partial charge is 0.389 e. The number of nitrogens with zero attached hydrogens (tertiary/aromatic N) is 2. The number of carbonyl (C=O) groups is 1. The zero-order valence-electron chi connectivity index (χ0n) is 19.3. The molecule has 2 aromatic rings. The lowest BCUT2D eigenvalue weighted by molar-refractivity contribution is -0.110. The maximum absolute atomic E-state index is 13.1. The molecule has 2 aliphatic rings. The Labute approximate surface area is 207 Å². The number of hydrogen-bond acceptors (Lipinski definition) is 10. The molecule has 2 fully saturated rings. The van der Waals surface area contributed by atoms with Crippen LogP contribution in [-0.2, 0) is 40.5 Å². The monoisotopic (exact) mass is 524 g/mol. The van der Waals surface area contributed by atoms with Crippen LogP contribution in [0.15, 0.2) is 40.5 Å². The number of anilines is 1. The van der Waals surface area contributed by atoms with Gasteiger partial charge in [-0.2, -0.15) is 0 Å². The van der Waals surface area contributed by atoms with Crippen LogP contribution in [-0.4, -0.2) is 70.7 Å². The van der Waals surface area contributed by atoms with Crippen LogP contribution in [0.3, 0.4) is 0 Å². The van der Waals surface area contributed by atoms with E-state index in [1.54, 1.807) is 13.3 Å². The first-order chi connectivity index (χ1) is 16.9. The third-order valence-corrected chi connectivity index (χ3v) is 7.75. The predicted molar refractivity (Wildman–Crippen MR) is 129 cm³/mol. The SMILES string of the molecule is COCc1cnc(NC(=O)C(=NO[C@@H]2CCOC2)c2ccc(S(=O)(=O)NC[C@H]3CCCO3)cc2)s1. The van der Waals surface area contributed by atoms with Crippen molar-refractivity contribution in [1.29, 1.82) is 0 Å². The molecule has 2 aliphatic heterocycles. The van der Waals surface area contributed by atoms with Crippen molar-refractivity contribution in [2.45, 2.75) is 43.0 Å². The smallest absolute Gasteiger partial charge is 0.280 e. The number of hydrogen-bond donors (Lipinski definition) is 2. The summed E-state index contributed by atoms with van der Waals surface area (Å²) in [6.45, 7) is 2.20. The fourth-order valence-corrected chi connectivity index (χ4v) is 5.41. The topological polar surface area (TPSA) is 137 Å². The summed E-state index contributed by atoms with van der Waals surface area (Å²) in [6.07, 6.45) is 3.67. The van der Waals surface area contributed by atoms with Crippen LogP contribution in [0.5, 0.6) is 0 Å². The first-order valence-corrected chi connectivity index (χ1v) is 13.5. The molecule has 2 N–H and O–H groups in total. The molecule has 0 radical (unpaired) electrons. The van der Waals surface area contributed by atoms with Crippen molar-refractivity contribution >= 4 is 38.1 Å². The standard InChI is InChI=1S/C22H28N4O7S2/c1-30-14-18-12-23-22(34-18)25-21(27)20(26-33-17-8-10-31-13-17)15-4-6-19(7-5-15)35(28,29)24-11-16-3-2-9-32-16/h4-7,12,16-17,24H,2-3,8-11,13-14H2,1H3,(H,23,25,27)/t16-,17-/m1/s1. The summed E-state index contributed by atoms with van der Waals surface area (Å²) in [5.74, 6) is -0.533. The summed E-state index contributed by atoms with van der Waals surface area (Å²) in [5.41, 5.74) is 0.393. The summed E-state index contributed by atoms with van der Waals surface area (Å²) in [7, 11) is -2.15. The molecule has 2 atom stereocenters. The lowest BCUT2D eigenvalue weighted by atomic mass is 10.1. The normalized spacial score (nSPS) is 20.8. The molecule has 35 heavy (non-hydrogen) atoms. The van der Waals surface area contributed by atoms with E-state index < -0.39 is 15.9 Å². The summed E-state index contributed by atoms with van der Waals surface area (Å²) >= 11 is 1.28. The molecule has 4 rings (SSSR count). The minimum atomic E-state index is -3.73. The third kappa shape index (κ3) is 7.06. The highest BCUT2D eigenvalue weighted by Gasteiger charge is 2.23. The average Bonchev–Trinajstić information content (AvgIpc) is 3.62. The van der Waals surface area contributed by atoms with E-state index in [0.29, 0.717) is 43.5 Å². The van der Waals surface area contributed by atoms with Gasteiger partial charge in [0.25, 0.3) is 5.91 Å². The number of sulfonamides is 1. The highest BCUT2D eigenvalue weighted by molar-refractivity contribution is 7.89. The van der Waals surface area contributed by atoms with Crippen molar-refractivity contribution in [2.24, 2.45) is 5.16 Å². The molecule has 13 heteroatoms. The first kappa shape index (κ1) is 25.7. The Kier molecular flexibility index (Phi) is 8.81. The van der Waals surface area contributed by atoms with Crippen LogP contribution < -0.4 is 10.0 Å². The van der Waals surface area contributed by atoms with Gasteiger partial charge in [0, 0.05) is 38.4 Å². The van der Waals surface area contributed by atoms with E-state index in [1.807, 2.05) is 0 Å². The number of amides is 1. The van der Waals surface area contributed by atoms with Crippen LogP contribution in [0.1, 0.15) is 29.7 Å². The molecule has 0 saturated carbocycles. The van der Waals surface area contributed by atoms with E-state index in [0.717, 1.165) is 17.7 Å². The van der Waals surface area contributed by atoms with Crippen molar-refractivity contribution in [2.75, 3.05) is 38.8 Å². The molecule has 0 unspecified atom stereocenters. The number of oxime groups is 1. The second-order valence-electron chi connectivity index (χ2n) is 8.06. The molecule has 3 heterocycles. The number of benzene rings is 1. The quantitative estimate of drug-likeness (QED) is 0.336. The molecular weight excluding hydrogens is 496 g/mol. The van der Waals surface area contributed by atoms with E-state index in [-0.39, 0.29) is 29.4 Å². The van der Waals surface area contributed by atoms with Gasteiger partial charge in [-0.05, 0) is 25.0 Å². The summed E-state index contributed by atoms with van der Waals surface area (Å²) < 4.78 is 43.8. The molecule has 11 nitrogen and oxygen atoms in total. The fourth-order valence-electron chi connectivity index (χ4n) is 3.56. The molecule has 190 valence electrons. The third-order valence-electron chi connectivity index (χ3n) is 5.42. The maximum Gasteiger partial charge on any atom is 0.280 e. The lowest BCUT2D eigenvalue weighted by Crippen LogP contribution is -2.31. The van der Waals surface area contributed by atoms with E-state index in [2.05, 4.69) is 20.2 Å². The number of aromatic nitrogens is 1. The Morgan fingerprint density at radius 1 is 1.26 bits per heavy atom. The number of carbonyl (C=O) groups excluding carboxylic acids is 1. The van der Waals surface area contributed by atoms with Crippen molar-refractivity contribution < 1.29 is 32.3 Å². The fraction of sp³-hybridized carbons (Fsp3) is 0.500. The van der Waals surface area contributed by atoms with Gasteiger partial charge in [-0.3, -0.25) is 10.1 Å². The van der Waals surface area contributed by atoms with Crippen molar-refractivity contribution in [3.8, 4) is 0 Å². The number of rotatable bonds is 11. The summed E-state index contributed by atoms with van der Waals surface area (Å²) in [4.78, 5) is 23.7. The van der Waals surface area contributed by atoms with Crippen molar-refractivity contribution in [1.82, 2.24) is 9.71 Å². The van der Waals surface area contributed by atoms with E-state index in [9.17, 15) is 13.2 Å². The molecule has 0 spiro atoms. The summed E-state index contributed by atoms with van der Waals surface area (Å²) in [5, 5.41) is 7.19. The summed E-state index contributed by atoms with van der Waals surface area (Å²) in [6, 6.07) is 5.89. The molecule has 0 bridgehead atoms. The Hall–Kier alpha value is -2.42. The number of thiazole rings is 1. The second-order valence-corrected chi connectivity index (χ2v) is 10.9. The number of methoxy groups -OCH3 is 1. The zero-order valence-corrected chi connectivity index (χ0v) is 20.9. The second kappa shape index (κ2) is 12.0. The highest BCUT2D eigenvalue weighted by Crippen LogP contribution is 2.20. The van der Waals surface area contributed by atoms with Gasteiger partial charge in [0.2, 0.25) is 10.0 Å². The van der Waals surface area contributed by atoms with Crippen LogP contribution in [0, 0.1) is 0 Å². The Bertz CT molecular complexity index is 1120. The van der Waals surface area contributed by atoms with Gasteiger partial charge in [-0.1, -0.05) is 28.6 Å². The van der Waals surface area contributed by atoms with Gasteiger partial charge >= 0.3 is 0 Å². The van der Waals surface area contributed by atoms with Gasteiger partial charge in [0.1, 0.15) is 0 Å². The van der Waals surface area contributed by atoms with E-state index >= 15 is 0 Å².